The number of amides is 1. The molecule has 0 aliphatic heterocycles. The minimum Gasteiger partial charge on any atom is -0.491 e. The van der Waals surface area contributed by atoms with Crippen molar-refractivity contribution in [3.05, 3.63) is 59.2 Å². The summed E-state index contributed by atoms with van der Waals surface area (Å²) < 4.78 is 30.5. The molecule has 0 heterocycles. The number of benzene rings is 2. The van der Waals surface area contributed by atoms with E-state index in [4.69, 9.17) is 4.74 Å². The van der Waals surface area contributed by atoms with Gasteiger partial charge in [-0.2, -0.15) is 0 Å². The van der Waals surface area contributed by atoms with Crippen LogP contribution in [0, 0.1) is 13.8 Å². The van der Waals surface area contributed by atoms with Crippen LogP contribution in [0.5, 0.6) is 5.75 Å². The van der Waals surface area contributed by atoms with Crippen LogP contribution in [0.4, 0.5) is 5.69 Å². The van der Waals surface area contributed by atoms with Crippen molar-refractivity contribution in [2.75, 3.05) is 24.1 Å². The highest BCUT2D eigenvalue weighted by Gasteiger charge is 2.08. The number of hydrogen-bond donors (Lipinski definition) is 2. The van der Waals surface area contributed by atoms with Crippen LogP contribution in [0.1, 0.15) is 21.5 Å². The van der Waals surface area contributed by atoms with Gasteiger partial charge in [0.2, 0.25) is 10.0 Å². The van der Waals surface area contributed by atoms with Crippen LogP contribution in [0.25, 0.3) is 0 Å². The Morgan fingerprint density at radius 3 is 2.60 bits per heavy atom. The molecular weight excluding hydrogens is 340 g/mol. The minimum absolute atomic E-state index is 0.290. The first-order chi connectivity index (χ1) is 11.7. The molecule has 134 valence electrons. The summed E-state index contributed by atoms with van der Waals surface area (Å²) >= 11 is 0. The summed E-state index contributed by atoms with van der Waals surface area (Å²) in [5.41, 5.74) is 2.87. The van der Waals surface area contributed by atoms with Crippen LogP contribution in [0.2, 0.25) is 0 Å². The molecule has 0 unspecified atom stereocenters. The molecule has 0 fully saturated rings. The predicted molar refractivity (Wildman–Crippen MR) is 98.7 cm³/mol. The maximum absolute atomic E-state index is 12.2. The SMILES string of the molecule is Cc1ccc(C)c(OCCNC(=O)c2cccc(NS(C)(=O)=O)c2)c1. The molecule has 7 heteroatoms. The number of carbonyl (C=O) groups excluding carboxylic acids is 1. The number of hydrogen-bond acceptors (Lipinski definition) is 4. The maximum Gasteiger partial charge on any atom is 0.251 e. The summed E-state index contributed by atoms with van der Waals surface area (Å²) in [6.07, 6.45) is 1.06. The first-order valence-corrected chi connectivity index (χ1v) is 9.70. The number of carbonyl (C=O) groups is 1. The third kappa shape index (κ3) is 6.11. The Labute approximate surface area is 148 Å². The fourth-order valence-electron chi connectivity index (χ4n) is 2.23. The second-order valence-electron chi connectivity index (χ2n) is 5.83. The van der Waals surface area contributed by atoms with Gasteiger partial charge in [0.15, 0.2) is 0 Å². The fraction of sp³-hybridized carbons (Fsp3) is 0.278. The molecule has 2 N–H and O–H groups in total. The first kappa shape index (κ1) is 18.8. The number of nitrogens with one attached hydrogen (secondary N) is 2. The highest BCUT2D eigenvalue weighted by atomic mass is 32.2. The van der Waals surface area contributed by atoms with Gasteiger partial charge in [-0.15, -0.1) is 0 Å². The van der Waals surface area contributed by atoms with Crippen LogP contribution in [-0.4, -0.2) is 33.7 Å². The van der Waals surface area contributed by atoms with E-state index >= 15 is 0 Å². The van der Waals surface area contributed by atoms with Gasteiger partial charge in [-0.25, -0.2) is 8.42 Å². The molecule has 0 aromatic heterocycles. The number of anilines is 1. The van der Waals surface area contributed by atoms with Crippen LogP contribution in [0.15, 0.2) is 42.5 Å². The van der Waals surface area contributed by atoms with Gasteiger partial charge in [-0.1, -0.05) is 18.2 Å². The molecule has 0 saturated heterocycles. The van der Waals surface area contributed by atoms with Gasteiger partial charge in [0, 0.05) is 11.3 Å². The van der Waals surface area contributed by atoms with Crippen molar-refractivity contribution in [2.45, 2.75) is 13.8 Å². The zero-order chi connectivity index (χ0) is 18.4. The summed E-state index contributed by atoms with van der Waals surface area (Å²) in [4.78, 5) is 12.2. The molecule has 2 aromatic carbocycles. The zero-order valence-electron chi connectivity index (χ0n) is 14.5. The highest BCUT2D eigenvalue weighted by Crippen LogP contribution is 2.18. The lowest BCUT2D eigenvalue weighted by Crippen LogP contribution is -2.28. The number of rotatable bonds is 7. The predicted octanol–water partition coefficient (Wildman–Crippen LogP) is 2.48. The van der Waals surface area contributed by atoms with Gasteiger partial charge in [-0.05, 0) is 49.2 Å². The average molecular weight is 362 g/mol. The minimum atomic E-state index is -3.38. The fourth-order valence-corrected chi connectivity index (χ4v) is 2.78. The summed E-state index contributed by atoms with van der Waals surface area (Å²) in [5, 5.41) is 2.75. The molecule has 0 aliphatic rings. The molecule has 0 atom stereocenters. The lowest BCUT2D eigenvalue weighted by atomic mass is 10.1. The van der Waals surface area contributed by atoms with Gasteiger partial charge in [0.05, 0.1) is 12.8 Å². The Morgan fingerprint density at radius 2 is 1.88 bits per heavy atom. The van der Waals surface area contributed by atoms with E-state index in [9.17, 15) is 13.2 Å². The van der Waals surface area contributed by atoms with E-state index < -0.39 is 10.0 Å². The third-order valence-corrected chi connectivity index (χ3v) is 4.02. The Bertz CT molecular complexity index is 863. The van der Waals surface area contributed by atoms with Crippen molar-refractivity contribution in [2.24, 2.45) is 0 Å². The van der Waals surface area contributed by atoms with Crippen molar-refractivity contribution in [3.8, 4) is 5.75 Å². The largest absolute Gasteiger partial charge is 0.491 e. The molecule has 0 radical (unpaired) electrons. The van der Waals surface area contributed by atoms with Gasteiger partial charge in [0.1, 0.15) is 12.4 Å². The maximum atomic E-state index is 12.2. The molecule has 6 nitrogen and oxygen atoms in total. The summed E-state index contributed by atoms with van der Waals surface area (Å²) in [6, 6.07) is 12.3. The van der Waals surface area contributed by atoms with E-state index in [0.29, 0.717) is 24.4 Å². The first-order valence-electron chi connectivity index (χ1n) is 7.81. The van der Waals surface area contributed by atoms with Crippen LogP contribution in [0.3, 0.4) is 0 Å². The Hall–Kier alpha value is -2.54. The number of ether oxygens (including phenoxy) is 1. The molecular formula is C18H22N2O4S. The quantitative estimate of drug-likeness (QED) is 0.741. The van der Waals surface area contributed by atoms with E-state index in [2.05, 4.69) is 10.0 Å². The number of sulfonamides is 1. The molecule has 0 bridgehead atoms. The van der Waals surface area contributed by atoms with Crippen LogP contribution >= 0.6 is 0 Å². The summed E-state index contributed by atoms with van der Waals surface area (Å²) in [6.45, 7) is 4.65. The standard InChI is InChI=1S/C18H22N2O4S/c1-13-7-8-14(2)17(11-13)24-10-9-19-18(21)15-5-4-6-16(12-15)20-25(3,22)23/h4-8,11-12,20H,9-10H2,1-3H3,(H,19,21). The molecule has 1 amide bonds. The lowest BCUT2D eigenvalue weighted by Gasteiger charge is -2.11. The molecule has 25 heavy (non-hydrogen) atoms. The molecule has 2 aromatic rings. The van der Waals surface area contributed by atoms with Crippen molar-refractivity contribution >= 4 is 21.6 Å². The van der Waals surface area contributed by atoms with Crippen molar-refractivity contribution < 1.29 is 17.9 Å². The molecule has 0 spiro atoms. The van der Waals surface area contributed by atoms with E-state index in [1.165, 1.54) is 6.07 Å². The molecule has 0 saturated carbocycles. The molecule has 0 aliphatic carbocycles. The van der Waals surface area contributed by atoms with Gasteiger partial charge in [-0.3, -0.25) is 9.52 Å². The van der Waals surface area contributed by atoms with Gasteiger partial charge >= 0.3 is 0 Å². The second-order valence-corrected chi connectivity index (χ2v) is 7.58. The second kappa shape index (κ2) is 8.02. The van der Waals surface area contributed by atoms with Gasteiger partial charge in [0.25, 0.3) is 5.91 Å². The summed E-state index contributed by atoms with van der Waals surface area (Å²) in [7, 11) is -3.38. The van der Waals surface area contributed by atoms with Crippen molar-refractivity contribution in [1.29, 1.82) is 0 Å². The highest BCUT2D eigenvalue weighted by molar-refractivity contribution is 7.92. The lowest BCUT2D eigenvalue weighted by molar-refractivity contribution is 0.0947. The Morgan fingerprint density at radius 1 is 1.12 bits per heavy atom. The van der Waals surface area contributed by atoms with Crippen LogP contribution in [-0.2, 0) is 10.0 Å². The monoisotopic (exact) mass is 362 g/mol. The Balaban J connectivity index is 1.88. The normalized spacial score (nSPS) is 11.0. The molecule has 2 rings (SSSR count). The smallest absolute Gasteiger partial charge is 0.251 e. The average Bonchev–Trinajstić information content (AvgIpc) is 2.53. The van der Waals surface area contributed by atoms with E-state index in [-0.39, 0.29) is 5.91 Å². The van der Waals surface area contributed by atoms with Crippen molar-refractivity contribution in [1.82, 2.24) is 5.32 Å². The Kier molecular flexibility index (Phi) is 6.03. The summed E-state index contributed by atoms with van der Waals surface area (Å²) in [5.74, 6) is 0.510. The van der Waals surface area contributed by atoms with E-state index in [1.54, 1.807) is 18.2 Å². The van der Waals surface area contributed by atoms with Gasteiger partial charge < -0.3 is 10.1 Å². The van der Waals surface area contributed by atoms with E-state index in [0.717, 1.165) is 23.1 Å². The third-order valence-electron chi connectivity index (χ3n) is 3.42. The topological polar surface area (TPSA) is 84.5 Å². The van der Waals surface area contributed by atoms with E-state index in [1.807, 2.05) is 32.0 Å². The zero-order valence-corrected chi connectivity index (χ0v) is 15.3. The number of aryl methyl sites for hydroxylation is 2. The van der Waals surface area contributed by atoms with Crippen LogP contribution < -0.4 is 14.8 Å². The van der Waals surface area contributed by atoms with Crippen molar-refractivity contribution in [3.63, 3.8) is 0 Å².